The maximum atomic E-state index is 13.5. The van der Waals surface area contributed by atoms with E-state index in [1.54, 1.807) is 25.7 Å². The second-order valence-electron chi connectivity index (χ2n) is 7.88. The van der Waals surface area contributed by atoms with Crippen molar-refractivity contribution in [3.63, 3.8) is 0 Å². The Hall–Kier alpha value is -2.82. The Morgan fingerprint density at radius 1 is 1.07 bits per heavy atom. The monoisotopic (exact) mass is 366 g/mol. The summed E-state index contributed by atoms with van der Waals surface area (Å²) in [6, 6.07) is 16.4. The number of hydrogen-bond donors (Lipinski definition) is 1. The zero-order valence-corrected chi connectivity index (χ0v) is 16.2. The average molecular weight is 366 g/mol. The molecule has 2 atom stereocenters. The van der Waals surface area contributed by atoms with E-state index in [0.717, 1.165) is 23.2 Å². The first-order valence-electron chi connectivity index (χ1n) is 9.22. The van der Waals surface area contributed by atoms with Gasteiger partial charge in [0.05, 0.1) is 0 Å². The number of hydrogen-bond acceptors (Lipinski definition) is 3. The zero-order chi connectivity index (χ0) is 19.6. The van der Waals surface area contributed by atoms with Crippen LogP contribution in [0.25, 0.3) is 0 Å². The van der Waals surface area contributed by atoms with E-state index in [1.165, 1.54) is 0 Å². The Bertz CT molecular complexity index is 827. The molecular weight excluding hydrogens is 340 g/mol. The van der Waals surface area contributed by atoms with Crippen molar-refractivity contribution >= 4 is 17.7 Å². The highest BCUT2D eigenvalue weighted by Gasteiger charge is 2.36. The van der Waals surface area contributed by atoms with Crippen LogP contribution in [0, 0.1) is 0 Å². The number of benzene rings is 2. The largest absolute Gasteiger partial charge is 0.444 e. The normalized spacial score (nSPS) is 17.2. The molecule has 3 rings (SSSR count). The van der Waals surface area contributed by atoms with E-state index in [-0.39, 0.29) is 11.9 Å². The molecule has 1 aliphatic heterocycles. The molecule has 27 heavy (non-hydrogen) atoms. The SMILES string of the molecule is CC1Cc2ccccc2N1C(=O)C(NC(=O)OC(C)(C)C)c1ccccc1. The van der Waals surface area contributed by atoms with Crippen LogP contribution in [0.3, 0.4) is 0 Å². The van der Waals surface area contributed by atoms with E-state index in [9.17, 15) is 9.59 Å². The molecule has 0 spiro atoms. The van der Waals surface area contributed by atoms with E-state index in [2.05, 4.69) is 5.32 Å². The van der Waals surface area contributed by atoms with Crippen molar-refractivity contribution in [3.05, 3.63) is 65.7 Å². The second kappa shape index (κ2) is 7.43. The number of nitrogens with zero attached hydrogens (tertiary/aromatic N) is 1. The van der Waals surface area contributed by atoms with Crippen molar-refractivity contribution in [2.24, 2.45) is 0 Å². The molecular formula is C22H26N2O3. The number of para-hydroxylation sites is 1. The highest BCUT2D eigenvalue weighted by atomic mass is 16.6. The Balaban J connectivity index is 1.91. The third-order valence-electron chi connectivity index (χ3n) is 4.49. The van der Waals surface area contributed by atoms with Crippen molar-refractivity contribution in [3.8, 4) is 0 Å². The summed E-state index contributed by atoms with van der Waals surface area (Å²) >= 11 is 0. The summed E-state index contributed by atoms with van der Waals surface area (Å²) in [7, 11) is 0. The third-order valence-corrected chi connectivity index (χ3v) is 4.49. The summed E-state index contributed by atoms with van der Waals surface area (Å²) in [6.07, 6.45) is 0.195. The highest BCUT2D eigenvalue weighted by molar-refractivity contribution is 6.01. The van der Waals surface area contributed by atoms with Crippen LogP contribution < -0.4 is 10.2 Å². The minimum atomic E-state index is -0.811. The van der Waals surface area contributed by atoms with Gasteiger partial charge in [-0.25, -0.2) is 4.79 Å². The molecule has 1 heterocycles. The number of rotatable bonds is 3. The van der Waals surface area contributed by atoms with E-state index in [1.807, 2.05) is 61.5 Å². The Labute approximate surface area is 160 Å². The first kappa shape index (κ1) is 19.0. The predicted octanol–water partition coefficient (Wildman–Crippen LogP) is 4.23. The lowest BCUT2D eigenvalue weighted by Crippen LogP contribution is -2.46. The molecule has 5 heteroatoms. The fraction of sp³-hybridized carbons (Fsp3) is 0.364. The molecule has 0 aliphatic carbocycles. The standard InChI is InChI=1S/C22H26N2O3/c1-15-14-17-12-8-9-13-18(17)24(15)20(25)19(16-10-6-5-7-11-16)23-21(26)27-22(2,3)4/h5-13,15,19H,14H2,1-4H3,(H,23,26). The number of anilines is 1. The number of alkyl carbamates (subject to hydrolysis) is 1. The minimum Gasteiger partial charge on any atom is -0.444 e. The number of amides is 2. The number of nitrogens with one attached hydrogen (secondary N) is 1. The topological polar surface area (TPSA) is 58.6 Å². The highest BCUT2D eigenvalue weighted by Crippen LogP contribution is 2.34. The van der Waals surface area contributed by atoms with E-state index < -0.39 is 17.7 Å². The molecule has 0 fully saturated rings. The van der Waals surface area contributed by atoms with Gasteiger partial charge in [0.1, 0.15) is 11.6 Å². The fourth-order valence-electron chi connectivity index (χ4n) is 3.40. The smallest absolute Gasteiger partial charge is 0.408 e. The van der Waals surface area contributed by atoms with Crippen LogP contribution in [0.2, 0.25) is 0 Å². The van der Waals surface area contributed by atoms with E-state index in [0.29, 0.717) is 0 Å². The molecule has 0 saturated heterocycles. The van der Waals surface area contributed by atoms with Crippen LogP contribution in [0.1, 0.15) is 44.9 Å². The minimum absolute atomic E-state index is 0.0292. The van der Waals surface area contributed by atoms with Crippen molar-refractivity contribution in [2.75, 3.05) is 4.90 Å². The molecule has 0 saturated carbocycles. The van der Waals surface area contributed by atoms with E-state index >= 15 is 0 Å². The maximum absolute atomic E-state index is 13.5. The van der Waals surface area contributed by atoms with Crippen molar-refractivity contribution in [2.45, 2.75) is 51.8 Å². The summed E-state index contributed by atoms with van der Waals surface area (Å²) in [5.74, 6) is -0.162. The summed E-state index contributed by atoms with van der Waals surface area (Å²) in [6.45, 7) is 7.41. The molecule has 2 aromatic rings. The Morgan fingerprint density at radius 3 is 2.37 bits per heavy atom. The molecule has 2 amide bonds. The zero-order valence-electron chi connectivity index (χ0n) is 16.2. The first-order valence-corrected chi connectivity index (χ1v) is 9.22. The van der Waals surface area contributed by atoms with Gasteiger partial charge in [-0.1, -0.05) is 48.5 Å². The molecule has 5 nitrogen and oxygen atoms in total. The van der Waals surface area contributed by atoms with Crippen LogP contribution in [-0.4, -0.2) is 23.6 Å². The maximum Gasteiger partial charge on any atom is 0.408 e. The molecule has 0 radical (unpaired) electrons. The molecule has 2 unspecified atom stereocenters. The third kappa shape index (κ3) is 4.30. The van der Waals surface area contributed by atoms with Gasteiger partial charge in [-0.2, -0.15) is 0 Å². The second-order valence-corrected chi connectivity index (χ2v) is 7.88. The predicted molar refractivity (Wildman–Crippen MR) is 106 cm³/mol. The Morgan fingerprint density at radius 2 is 1.70 bits per heavy atom. The summed E-state index contributed by atoms with van der Waals surface area (Å²) in [4.78, 5) is 27.6. The van der Waals surface area contributed by atoms with Crippen molar-refractivity contribution in [1.29, 1.82) is 0 Å². The quantitative estimate of drug-likeness (QED) is 0.884. The lowest BCUT2D eigenvalue weighted by Gasteiger charge is -2.29. The van der Waals surface area contributed by atoms with Gasteiger partial charge < -0.3 is 15.0 Å². The molecule has 0 aromatic heterocycles. The van der Waals surface area contributed by atoms with Crippen molar-refractivity contribution < 1.29 is 14.3 Å². The number of ether oxygens (including phenoxy) is 1. The summed E-state index contributed by atoms with van der Waals surface area (Å²) in [5, 5.41) is 2.77. The van der Waals surface area contributed by atoms with Gasteiger partial charge in [0.25, 0.3) is 5.91 Å². The summed E-state index contributed by atoms with van der Waals surface area (Å²) < 4.78 is 5.38. The fourth-order valence-corrected chi connectivity index (χ4v) is 3.40. The molecule has 2 aromatic carbocycles. The number of carbonyl (C=O) groups excluding carboxylic acids is 2. The van der Waals surface area contributed by atoms with Crippen LogP contribution in [-0.2, 0) is 16.0 Å². The molecule has 0 bridgehead atoms. The Kier molecular flexibility index (Phi) is 5.22. The lowest BCUT2D eigenvalue weighted by atomic mass is 10.1. The van der Waals surface area contributed by atoms with E-state index in [4.69, 9.17) is 4.74 Å². The van der Waals surface area contributed by atoms with Crippen LogP contribution in [0.5, 0.6) is 0 Å². The van der Waals surface area contributed by atoms with Crippen LogP contribution in [0.15, 0.2) is 54.6 Å². The van der Waals surface area contributed by atoms with Crippen molar-refractivity contribution in [1.82, 2.24) is 5.32 Å². The summed E-state index contributed by atoms with van der Waals surface area (Å²) in [5.41, 5.74) is 2.14. The van der Waals surface area contributed by atoms with Crippen LogP contribution >= 0.6 is 0 Å². The lowest BCUT2D eigenvalue weighted by molar-refractivity contribution is -0.121. The molecule has 142 valence electrons. The molecule has 1 aliphatic rings. The van der Waals surface area contributed by atoms with Gasteiger partial charge in [-0.3, -0.25) is 4.79 Å². The number of fused-ring (bicyclic) bond motifs is 1. The van der Waals surface area contributed by atoms with Gasteiger partial charge in [-0.05, 0) is 51.3 Å². The number of carbonyl (C=O) groups is 2. The van der Waals surface area contributed by atoms with Gasteiger partial charge in [0.2, 0.25) is 0 Å². The van der Waals surface area contributed by atoms with Gasteiger partial charge >= 0.3 is 6.09 Å². The van der Waals surface area contributed by atoms with Crippen LogP contribution in [0.4, 0.5) is 10.5 Å². The van der Waals surface area contributed by atoms with Gasteiger partial charge in [0.15, 0.2) is 0 Å². The first-order chi connectivity index (χ1) is 12.8. The molecule has 1 N–H and O–H groups in total. The van der Waals surface area contributed by atoms with Gasteiger partial charge in [-0.15, -0.1) is 0 Å². The van der Waals surface area contributed by atoms with Gasteiger partial charge in [0, 0.05) is 11.7 Å². The average Bonchev–Trinajstić information content (AvgIpc) is 2.94.